The summed E-state index contributed by atoms with van der Waals surface area (Å²) >= 11 is 0. The van der Waals surface area contributed by atoms with Crippen molar-refractivity contribution in [2.45, 2.75) is 25.5 Å². The number of rotatable bonds is 2. The third kappa shape index (κ3) is 1.59. The third-order valence-corrected chi connectivity index (χ3v) is 3.28. The van der Waals surface area contributed by atoms with Crippen LogP contribution in [0.2, 0.25) is 0 Å². The fourth-order valence-electron chi connectivity index (χ4n) is 2.58. The highest BCUT2D eigenvalue weighted by Gasteiger charge is 2.47. The second kappa shape index (κ2) is 4.26. The van der Waals surface area contributed by atoms with E-state index in [-0.39, 0.29) is 0 Å². The Hall–Kier alpha value is -1.59. The van der Waals surface area contributed by atoms with Gasteiger partial charge in [0.1, 0.15) is 11.6 Å². The van der Waals surface area contributed by atoms with Crippen LogP contribution in [-0.4, -0.2) is 19.0 Å². The SMILES string of the molecule is CCOc1cccc2c1C1(CCCOO1)NC2=N. The average molecular weight is 248 g/mol. The molecule has 1 aromatic rings. The number of amidine groups is 1. The van der Waals surface area contributed by atoms with Crippen molar-refractivity contribution in [1.82, 2.24) is 5.32 Å². The van der Waals surface area contributed by atoms with Gasteiger partial charge in [0.25, 0.3) is 0 Å². The molecule has 1 spiro atoms. The molecule has 1 aromatic carbocycles. The quantitative estimate of drug-likeness (QED) is 0.785. The maximum Gasteiger partial charge on any atom is 0.204 e. The summed E-state index contributed by atoms with van der Waals surface area (Å²) in [4.78, 5) is 10.6. The van der Waals surface area contributed by atoms with Gasteiger partial charge in [-0.2, -0.15) is 0 Å². The molecule has 3 rings (SSSR count). The van der Waals surface area contributed by atoms with Crippen LogP contribution >= 0.6 is 0 Å². The van der Waals surface area contributed by atoms with Gasteiger partial charge in [-0.3, -0.25) is 5.41 Å². The van der Waals surface area contributed by atoms with E-state index in [1.54, 1.807) is 0 Å². The summed E-state index contributed by atoms with van der Waals surface area (Å²) in [5.41, 5.74) is 0.958. The molecule has 0 saturated carbocycles. The van der Waals surface area contributed by atoms with Gasteiger partial charge in [-0.05, 0) is 19.4 Å². The normalized spacial score (nSPS) is 25.9. The first-order valence-electron chi connectivity index (χ1n) is 6.21. The van der Waals surface area contributed by atoms with Crippen LogP contribution < -0.4 is 10.1 Å². The topological polar surface area (TPSA) is 63.6 Å². The minimum Gasteiger partial charge on any atom is -0.493 e. The van der Waals surface area contributed by atoms with E-state index in [4.69, 9.17) is 19.9 Å². The van der Waals surface area contributed by atoms with Gasteiger partial charge in [-0.1, -0.05) is 12.1 Å². The van der Waals surface area contributed by atoms with Crippen LogP contribution in [0.5, 0.6) is 5.75 Å². The molecule has 96 valence electrons. The number of fused-ring (bicyclic) bond motifs is 2. The first-order valence-corrected chi connectivity index (χ1v) is 6.21. The van der Waals surface area contributed by atoms with Gasteiger partial charge in [-0.25, -0.2) is 9.78 Å². The Morgan fingerprint density at radius 2 is 2.39 bits per heavy atom. The molecule has 0 bridgehead atoms. The zero-order valence-corrected chi connectivity index (χ0v) is 10.3. The molecule has 2 aliphatic rings. The van der Waals surface area contributed by atoms with Crippen LogP contribution in [0.3, 0.4) is 0 Å². The molecule has 0 aromatic heterocycles. The number of nitrogens with one attached hydrogen (secondary N) is 2. The molecule has 1 saturated heterocycles. The lowest BCUT2D eigenvalue weighted by Gasteiger charge is -2.33. The third-order valence-electron chi connectivity index (χ3n) is 3.28. The van der Waals surface area contributed by atoms with E-state index in [9.17, 15) is 0 Å². The maximum absolute atomic E-state index is 8.02. The van der Waals surface area contributed by atoms with Crippen molar-refractivity contribution in [3.8, 4) is 5.75 Å². The van der Waals surface area contributed by atoms with Gasteiger partial charge in [-0.15, -0.1) is 0 Å². The number of hydrogen-bond acceptors (Lipinski definition) is 4. The molecule has 0 amide bonds. The van der Waals surface area contributed by atoms with Crippen LogP contribution in [-0.2, 0) is 15.5 Å². The van der Waals surface area contributed by atoms with Crippen molar-refractivity contribution < 1.29 is 14.5 Å². The highest BCUT2D eigenvalue weighted by molar-refractivity contribution is 6.02. The summed E-state index contributed by atoms with van der Waals surface area (Å²) in [5.74, 6) is 1.12. The molecule has 1 unspecified atom stereocenters. The molecular weight excluding hydrogens is 232 g/mol. The summed E-state index contributed by atoms with van der Waals surface area (Å²) in [6.07, 6.45) is 1.66. The predicted molar refractivity (Wildman–Crippen MR) is 65.5 cm³/mol. The summed E-state index contributed by atoms with van der Waals surface area (Å²) in [7, 11) is 0. The van der Waals surface area contributed by atoms with Crippen molar-refractivity contribution >= 4 is 5.84 Å². The van der Waals surface area contributed by atoms with E-state index in [2.05, 4.69) is 5.32 Å². The maximum atomic E-state index is 8.02. The molecule has 0 radical (unpaired) electrons. The Kier molecular flexibility index (Phi) is 2.72. The summed E-state index contributed by atoms with van der Waals surface area (Å²) in [5, 5.41) is 11.1. The Labute approximate surface area is 105 Å². The molecule has 18 heavy (non-hydrogen) atoms. The van der Waals surface area contributed by atoms with Crippen molar-refractivity contribution in [1.29, 1.82) is 5.41 Å². The lowest BCUT2D eigenvalue weighted by Crippen LogP contribution is -2.44. The van der Waals surface area contributed by atoms with Crippen LogP contribution in [0.25, 0.3) is 0 Å². The Balaban J connectivity index is 2.11. The molecular formula is C13H16N2O3. The lowest BCUT2D eigenvalue weighted by atomic mass is 9.96. The Bertz CT molecular complexity index is 481. The predicted octanol–water partition coefficient (Wildman–Crippen LogP) is 1.91. The average Bonchev–Trinajstić information content (AvgIpc) is 2.65. The standard InChI is InChI=1S/C13H16N2O3/c1-2-16-10-6-3-5-9-11(10)13(15-12(9)14)7-4-8-17-18-13/h3,5-6H,2,4,7-8H2,1H3,(H2,14,15). The highest BCUT2D eigenvalue weighted by Crippen LogP contribution is 2.43. The molecule has 0 aliphatic carbocycles. The number of ether oxygens (including phenoxy) is 1. The molecule has 1 fully saturated rings. The summed E-state index contributed by atoms with van der Waals surface area (Å²) in [6.45, 7) is 3.11. The van der Waals surface area contributed by atoms with Gasteiger partial charge in [0.05, 0.1) is 18.8 Å². The van der Waals surface area contributed by atoms with Gasteiger partial charge < -0.3 is 10.1 Å². The second-order valence-corrected chi connectivity index (χ2v) is 4.45. The van der Waals surface area contributed by atoms with Crippen molar-refractivity contribution in [2.75, 3.05) is 13.2 Å². The second-order valence-electron chi connectivity index (χ2n) is 4.45. The highest BCUT2D eigenvalue weighted by atomic mass is 17.2. The summed E-state index contributed by atoms with van der Waals surface area (Å²) in [6, 6.07) is 5.70. The van der Waals surface area contributed by atoms with Gasteiger partial charge in [0.2, 0.25) is 5.72 Å². The van der Waals surface area contributed by atoms with Gasteiger partial charge in [0.15, 0.2) is 0 Å². The Morgan fingerprint density at radius 1 is 1.50 bits per heavy atom. The van der Waals surface area contributed by atoms with E-state index in [1.807, 2.05) is 25.1 Å². The molecule has 5 nitrogen and oxygen atoms in total. The molecule has 2 heterocycles. The first kappa shape index (κ1) is 11.5. The molecule has 5 heteroatoms. The zero-order valence-electron chi connectivity index (χ0n) is 10.3. The van der Waals surface area contributed by atoms with Crippen molar-refractivity contribution in [3.63, 3.8) is 0 Å². The van der Waals surface area contributed by atoms with E-state index >= 15 is 0 Å². The lowest BCUT2D eigenvalue weighted by molar-refractivity contribution is -0.393. The molecule has 2 N–H and O–H groups in total. The smallest absolute Gasteiger partial charge is 0.204 e. The first-order chi connectivity index (χ1) is 8.77. The minimum atomic E-state index is -0.754. The monoisotopic (exact) mass is 248 g/mol. The fourth-order valence-corrected chi connectivity index (χ4v) is 2.58. The largest absolute Gasteiger partial charge is 0.493 e. The Morgan fingerprint density at radius 3 is 3.11 bits per heavy atom. The number of hydrogen-bond donors (Lipinski definition) is 2. The van der Waals surface area contributed by atoms with E-state index in [0.29, 0.717) is 19.0 Å². The van der Waals surface area contributed by atoms with E-state index in [1.165, 1.54) is 0 Å². The molecule has 2 aliphatic heterocycles. The number of benzene rings is 1. The van der Waals surface area contributed by atoms with E-state index in [0.717, 1.165) is 29.7 Å². The minimum absolute atomic E-state index is 0.358. The van der Waals surface area contributed by atoms with Gasteiger partial charge in [0, 0.05) is 12.0 Å². The van der Waals surface area contributed by atoms with Crippen LogP contribution in [0, 0.1) is 5.41 Å². The van der Waals surface area contributed by atoms with Crippen molar-refractivity contribution in [2.24, 2.45) is 0 Å². The fraction of sp³-hybridized carbons (Fsp3) is 0.462. The summed E-state index contributed by atoms with van der Waals surface area (Å²) < 4.78 is 5.65. The zero-order chi connectivity index (χ0) is 12.6. The molecule has 1 atom stereocenters. The van der Waals surface area contributed by atoms with Crippen molar-refractivity contribution in [3.05, 3.63) is 29.3 Å². The van der Waals surface area contributed by atoms with Crippen LogP contribution in [0.15, 0.2) is 18.2 Å². The van der Waals surface area contributed by atoms with Crippen LogP contribution in [0.1, 0.15) is 30.9 Å². The van der Waals surface area contributed by atoms with Gasteiger partial charge >= 0.3 is 0 Å². The van der Waals surface area contributed by atoms with Crippen LogP contribution in [0.4, 0.5) is 0 Å². The van der Waals surface area contributed by atoms with E-state index < -0.39 is 5.72 Å².